The van der Waals surface area contributed by atoms with Gasteiger partial charge in [0, 0.05) is 25.2 Å². The molecule has 2 atom stereocenters. The van der Waals surface area contributed by atoms with Crippen molar-refractivity contribution in [3.63, 3.8) is 0 Å². The molecule has 0 spiro atoms. The van der Waals surface area contributed by atoms with Gasteiger partial charge < -0.3 is 15.3 Å². The second-order valence-electron chi connectivity index (χ2n) is 5.34. The molecule has 2 aliphatic rings. The molecule has 2 fully saturated rings. The first-order valence-corrected chi connectivity index (χ1v) is 6.66. The first kappa shape index (κ1) is 12.4. The third-order valence-electron chi connectivity index (χ3n) is 4.07. The van der Waals surface area contributed by atoms with Gasteiger partial charge in [-0.2, -0.15) is 0 Å². The van der Waals surface area contributed by atoms with Crippen molar-refractivity contribution in [3.05, 3.63) is 29.6 Å². The summed E-state index contributed by atoms with van der Waals surface area (Å²) in [4.78, 5) is 14.0. The van der Waals surface area contributed by atoms with Crippen LogP contribution in [0, 0.1) is 11.7 Å². The van der Waals surface area contributed by atoms with E-state index in [1.165, 1.54) is 12.1 Å². The predicted octanol–water partition coefficient (Wildman–Crippen LogP) is 1.36. The number of halogens is 1. The van der Waals surface area contributed by atoms with Crippen LogP contribution >= 0.6 is 0 Å². The number of phenolic OH excluding ortho intramolecular Hbond substituents is 1. The van der Waals surface area contributed by atoms with E-state index >= 15 is 0 Å². The quantitative estimate of drug-likeness (QED) is 0.805. The zero-order valence-electron chi connectivity index (χ0n) is 10.6. The van der Waals surface area contributed by atoms with Gasteiger partial charge in [-0.05, 0) is 37.4 Å². The van der Waals surface area contributed by atoms with Crippen LogP contribution in [0.4, 0.5) is 4.39 Å². The summed E-state index contributed by atoms with van der Waals surface area (Å²) in [6, 6.07) is 4.02. The van der Waals surface area contributed by atoms with Gasteiger partial charge in [-0.25, -0.2) is 4.39 Å². The van der Waals surface area contributed by atoms with E-state index in [0.29, 0.717) is 25.0 Å². The van der Waals surface area contributed by atoms with Crippen LogP contribution in [0.5, 0.6) is 5.75 Å². The summed E-state index contributed by atoms with van der Waals surface area (Å²) >= 11 is 0. The van der Waals surface area contributed by atoms with E-state index in [-0.39, 0.29) is 17.2 Å². The zero-order valence-corrected chi connectivity index (χ0v) is 10.6. The number of hydrogen-bond acceptors (Lipinski definition) is 3. The lowest BCUT2D eigenvalue weighted by atomic mass is 9.94. The molecule has 2 aliphatic heterocycles. The number of benzene rings is 1. The Labute approximate surface area is 111 Å². The number of fused-ring (bicyclic) bond motifs is 1. The second-order valence-corrected chi connectivity index (χ2v) is 5.34. The van der Waals surface area contributed by atoms with E-state index in [9.17, 15) is 14.3 Å². The standard InChI is InChI=1S/C14H17FN2O2/c15-12-6-10(18)3-4-11(12)14(19)17-7-9-2-1-5-16-13(9)8-17/h3-4,6,9,13,16,18H,1-2,5,7-8H2. The first-order valence-electron chi connectivity index (χ1n) is 6.66. The number of hydrogen-bond donors (Lipinski definition) is 2. The largest absolute Gasteiger partial charge is 0.508 e. The molecule has 0 saturated carbocycles. The Morgan fingerprint density at radius 3 is 3.00 bits per heavy atom. The fraction of sp³-hybridized carbons (Fsp3) is 0.500. The number of nitrogens with zero attached hydrogens (tertiary/aromatic N) is 1. The molecule has 2 saturated heterocycles. The lowest BCUT2D eigenvalue weighted by molar-refractivity contribution is 0.0781. The molecule has 2 N–H and O–H groups in total. The molecule has 2 unspecified atom stereocenters. The van der Waals surface area contributed by atoms with Gasteiger partial charge in [0.1, 0.15) is 11.6 Å². The van der Waals surface area contributed by atoms with Crippen molar-refractivity contribution in [2.45, 2.75) is 18.9 Å². The highest BCUT2D eigenvalue weighted by atomic mass is 19.1. The smallest absolute Gasteiger partial charge is 0.256 e. The maximum Gasteiger partial charge on any atom is 0.256 e. The average molecular weight is 264 g/mol. The van der Waals surface area contributed by atoms with Crippen molar-refractivity contribution in [1.29, 1.82) is 0 Å². The molecule has 3 rings (SSSR count). The summed E-state index contributed by atoms with van der Waals surface area (Å²) in [5, 5.41) is 12.6. The number of likely N-dealkylation sites (tertiary alicyclic amines) is 1. The van der Waals surface area contributed by atoms with Crippen LogP contribution in [-0.4, -0.2) is 41.6 Å². The van der Waals surface area contributed by atoms with E-state index in [1.807, 2.05) is 0 Å². The van der Waals surface area contributed by atoms with E-state index < -0.39 is 5.82 Å². The minimum Gasteiger partial charge on any atom is -0.508 e. The number of carbonyl (C=O) groups is 1. The topological polar surface area (TPSA) is 52.6 Å². The molecule has 1 aromatic carbocycles. The molecule has 0 aliphatic carbocycles. The summed E-state index contributed by atoms with van der Waals surface area (Å²) in [5.74, 6) is -0.620. The molecule has 2 heterocycles. The molecular weight excluding hydrogens is 247 g/mol. The highest BCUT2D eigenvalue weighted by Crippen LogP contribution is 2.27. The maximum atomic E-state index is 13.7. The number of amides is 1. The van der Waals surface area contributed by atoms with Crippen molar-refractivity contribution < 1.29 is 14.3 Å². The summed E-state index contributed by atoms with van der Waals surface area (Å²) in [6.07, 6.45) is 2.26. The minimum absolute atomic E-state index is 0.0384. The maximum absolute atomic E-state index is 13.7. The molecule has 4 nitrogen and oxygen atoms in total. The van der Waals surface area contributed by atoms with Crippen LogP contribution in [0.15, 0.2) is 18.2 Å². The average Bonchev–Trinajstić information content (AvgIpc) is 2.81. The summed E-state index contributed by atoms with van der Waals surface area (Å²) < 4.78 is 13.7. The summed E-state index contributed by atoms with van der Waals surface area (Å²) in [6.45, 7) is 2.33. The fourth-order valence-corrected chi connectivity index (χ4v) is 3.06. The normalized spacial score (nSPS) is 26.3. The molecule has 0 aromatic heterocycles. The van der Waals surface area contributed by atoms with Crippen molar-refractivity contribution in [1.82, 2.24) is 10.2 Å². The number of aromatic hydroxyl groups is 1. The van der Waals surface area contributed by atoms with Gasteiger partial charge in [-0.15, -0.1) is 0 Å². The Bertz CT molecular complexity index is 492. The van der Waals surface area contributed by atoms with Gasteiger partial charge in [0.25, 0.3) is 5.91 Å². The Balaban J connectivity index is 1.77. The Hall–Kier alpha value is -1.62. The number of phenols is 1. The SMILES string of the molecule is O=C(c1ccc(O)cc1F)N1CC2CCCNC2C1. The molecule has 5 heteroatoms. The second kappa shape index (κ2) is 4.81. The molecule has 0 bridgehead atoms. The third kappa shape index (κ3) is 2.30. The highest BCUT2D eigenvalue weighted by Gasteiger charge is 2.37. The Morgan fingerprint density at radius 2 is 2.26 bits per heavy atom. The van der Waals surface area contributed by atoms with Crippen molar-refractivity contribution in [3.8, 4) is 5.75 Å². The lowest BCUT2D eigenvalue weighted by Crippen LogP contribution is -2.41. The molecule has 102 valence electrons. The van der Waals surface area contributed by atoms with Gasteiger partial charge in [-0.3, -0.25) is 4.79 Å². The van der Waals surface area contributed by atoms with Crippen LogP contribution in [0.2, 0.25) is 0 Å². The number of piperidine rings is 1. The molecule has 0 radical (unpaired) electrons. The minimum atomic E-state index is -0.659. The van der Waals surface area contributed by atoms with Crippen LogP contribution in [0.3, 0.4) is 0 Å². The van der Waals surface area contributed by atoms with Crippen molar-refractivity contribution >= 4 is 5.91 Å². The fourth-order valence-electron chi connectivity index (χ4n) is 3.06. The van der Waals surface area contributed by atoms with Gasteiger partial charge in [0.2, 0.25) is 0 Å². The number of carbonyl (C=O) groups excluding carboxylic acids is 1. The molecule has 1 aromatic rings. The van der Waals surface area contributed by atoms with Crippen LogP contribution in [-0.2, 0) is 0 Å². The first-order chi connectivity index (χ1) is 9.15. The van der Waals surface area contributed by atoms with E-state index in [4.69, 9.17) is 0 Å². The third-order valence-corrected chi connectivity index (χ3v) is 4.07. The number of rotatable bonds is 1. The van der Waals surface area contributed by atoms with Crippen LogP contribution in [0.25, 0.3) is 0 Å². The Morgan fingerprint density at radius 1 is 1.42 bits per heavy atom. The van der Waals surface area contributed by atoms with E-state index in [2.05, 4.69) is 5.32 Å². The van der Waals surface area contributed by atoms with E-state index in [1.54, 1.807) is 4.90 Å². The van der Waals surface area contributed by atoms with Crippen LogP contribution in [0.1, 0.15) is 23.2 Å². The summed E-state index contributed by atoms with van der Waals surface area (Å²) in [7, 11) is 0. The molecule has 1 amide bonds. The summed E-state index contributed by atoms with van der Waals surface area (Å²) in [5.41, 5.74) is 0.0384. The van der Waals surface area contributed by atoms with Gasteiger partial charge in [0.15, 0.2) is 0 Å². The van der Waals surface area contributed by atoms with Crippen LogP contribution < -0.4 is 5.32 Å². The number of nitrogens with one attached hydrogen (secondary N) is 1. The monoisotopic (exact) mass is 264 g/mol. The lowest BCUT2D eigenvalue weighted by Gasteiger charge is -2.24. The van der Waals surface area contributed by atoms with Crippen molar-refractivity contribution in [2.24, 2.45) is 5.92 Å². The zero-order chi connectivity index (χ0) is 13.4. The van der Waals surface area contributed by atoms with Gasteiger partial charge >= 0.3 is 0 Å². The van der Waals surface area contributed by atoms with E-state index in [0.717, 1.165) is 25.5 Å². The highest BCUT2D eigenvalue weighted by molar-refractivity contribution is 5.94. The Kier molecular flexibility index (Phi) is 3.14. The molecule has 19 heavy (non-hydrogen) atoms. The molecular formula is C14H17FN2O2. The van der Waals surface area contributed by atoms with Crippen molar-refractivity contribution in [2.75, 3.05) is 19.6 Å². The van der Waals surface area contributed by atoms with Gasteiger partial charge in [-0.1, -0.05) is 0 Å². The predicted molar refractivity (Wildman–Crippen MR) is 68.5 cm³/mol. The van der Waals surface area contributed by atoms with Gasteiger partial charge in [0.05, 0.1) is 5.56 Å².